The number of rotatable bonds is 5. The largest absolute Gasteiger partial charge is 0.493 e. The van der Waals surface area contributed by atoms with E-state index in [2.05, 4.69) is 4.98 Å². The van der Waals surface area contributed by atoms with Crippen LogP contribution < -0.4 is 15.0 Å². The lowest BCUT2D eigenvalue weighted by atomic mass is 10.2. The van der Waals surface area contributed by atoms with E-state index >= 15 is 0 Å². The van der Waals surface area contributed by atoms with E-state index in [0.717, 1.165) is 5.56 Å². The minimum atomic E-state index is -0.0277. The van der Waals surface area contributed by atoms with E-state index in [1.54, 1.807) is 24.9 Å². The second kappa shape index (κ2) is 7.21. The Bertz CT molecular complexity index is 990. The van der Waals surface area contributed by atoms with Gasteiger partial charge in [-0.2, -0.15) is 0 Å². The van der Waals surface area contributed by atoms with Crippen LogP contribution in [0.2, 0.25) is 0 Å². The third-order valence-electron chi connectivity index (χ3n) is 4.04. The molecule has 0 aliphatic carbocycles. The van der Waals surface area contributed by atoms with Gasteiger partial charge in [0.05, 0.1) is 25.1 Å². The number of methoxy groups -OCH3 is 2. The second-order valence-corrected chi connectivity index (χ2v) is 5.48. The first kappa shape index (κ1) is 16.8. The van der Waals surface area contributed by atoms with Gasteiger partial charge in [-0.3, -0.25) is 9.36 Å². The lowest BCUT2D eigenvalue weighted by Gasteiger charge is -2.09. The van der Waals surface area contributed by atoms with E-state index in [9.17, 15) is 4.79 Å². The fourth-order valence-corrected chi connectivity index (χ4v) is 2.75. The van der Waals surface area contributed by atoms with E-state index in [1.807, 2.05) is 55.5 Å². The van der Waals surface area contributed by atoms with Crippen molar-refractivity contribution in [1.82, 2.24) is 9.55 Å². The van der Waals surface area contributed by atoms with Crippen molar-refractivity contribution in [2.75, 3.05) is 14.2 Å². The Morgan fingerprint density at radius 2 is 1.80 bits per heavy atom. The van der Waals surface area contributed by atoms with E-state index in [4.69, 9.17) is 9.47 Å². The molecular weight excluding hydrogens is 316 g/mol. The van der Waals surface area contributed by atoms with Crippen LogP contribution >= 0.6 is 0 Å². The Labute approximate surface area is 146 Å². The Morgan fingerprint density at radius 3 is 2.52 bits per heavy atom. The normalized spacial score (nSPS) is 11.2. The quantitative estimate of drug-likeness (QED) is 0.714. The van der Waals surface area contributed by atoms with Crippen molar-refractivity contribution in [2.24, 2.45) is 0 Å². The highest BCUT2D eigenvalue weighted by molar-refractivity contribution is 5.79. The predicted molar refractivity (Wildman–Crippen MR) is 100 cm³/mol. The van der Waals surface area contributed by atoms with E-state index in [1.165, 1.54) is 0 Å². The van der Waals surface area contributed by atoms with Gasteiger partial charge in [-0.15, -0.1) is 0 Å². The number of ether oxygens (including phenoxy) is 2. The molecule has 5 nitrogen and oxygen atoms in total. The molecule has 25 heavy (non-hydrogen) atoms. The average molecular weight is 336 g/mol. The minimum absolute atomic E-state index is 0.0277. The van der Waals surface area contributed by atoms with Gasteiger partial charge in [0.15, 0.2) is 11.5 Å². The Morgan fingerprint density at radius 1 is 1.04 bits per heavy atom. The van der Waals surface area contributed by atoms with Crippen LogP contribution in [0.15, 0.2) is 47.3 Å². The van der Waals surface area contributed by atoms with Gasteiger partial charge in [0.2, 0.25) is 0 Å². The molecule has 0 aliphatic rings. The molecule has 0 unspecified atom stereocenters. The molecule has 2 aromatic carbocycles. The van der Waals surface area contributed by atoms with Crippen LogP contribution in [-0.4, -0.2) is 23.8 Å². The molecule has 3 aromatic rings. The maximum absolute atomic E-state index is 12.6. The predicted octanol–water partition coefficient (Wildman–Crippen LogP) is 3.60. The van der Waals surface area contributed by atoms with Crippen molar-refractivity contribution >= 4 is 23.1 Å². The van der Waals surface area contributed by atoms with Gasteiger partial charge in [-0.25, -0.2) is 4.98 Å². The Hall–Kier alpha value is -3.08. The zero-order valence-electron chi connectivity index (χ0n) is 14.5. The zero-order valence-corrected chi connectivity index (χ0v) is 14.5. The molecular formula is C20H20N2O3. The summed E-state index contributed by atoms with van der Waals surface area (Å²) in [5.74, 6) is 1.96. The Balaban J connectivity index is 2.05. The van der Waals surface area contributed by atoms with Crippen LogP contribution in [0.3, 0.4) is 0 Å². The third-order valence-corrected chi connectivity index (χ3v) is 4.04. The molecule has 0 atom stereocenters. The molecule has 3 rings (SSSR count). The summed E-state index contributed by atoms with van der Waals surface area (Å²) in [5.41, 5.74) is 1.60. The Kier molecular flexibility index (Phi) is 4.84. The molecule has 0 radical (unpaired) electrons. The van der Waals surface area contributed by atoms with Gasteiger partial charge in [-0.1, -0.05) is 24.3 Å². The van der Waals surface area contributed by atoms with Gasteiger partial charge in [-0.05, 0) is 42.8 Å². The van der Waals surface area contributed by atoms with E-state index < -0.39 is 0 Å². The molecule has 128 valence electrons. The summed E-state index contributed by atoms with van der Waals surface area (Å²) in [7, 11) is 3.21. The summed E-state index contributed by atoms with van der Waals surface area (Å²) in [6.45, 7) is 2.49. The van der Waals surface area contributed by atoms with Gasteiger partial charge >= 0.3 is 0 Å². The van der Waals surface area contributed by atoms with Crippen LogP contribution in [0.4, 0.5) is 0 Å². The standard InChI is InChI=1S/C20H20N2O3/c1-4-22-19(21-16-8-6-5-7-15(16)20(22)23)12-10-14-9-11-17(24-2)18(13-14)25-3/h5-13H,4H2,1-3H3/b12-10+. The van der Waals surface area contributed by atoms with Crippen LogP contribution in [0.25, 0.3) is 23.1 Å². The topological polar surface area (TPSA) is 53.4 Å². The smallest absolute Gasteiger partial charge is 0.261 e. The summed E-state index contributed by atoms with van der Waals surface area (Å²) in [4.78, 5) is 17.2. The molecule has 1 aromatic heterocycles. The van der Waals surface area contributed by atoms with Crippen LogP contribution in [0, 0.1) is 0 Å². The highest BCUT2D eigenvalue weighted by Gasteiger charge is 2.08. The summed E-state index contributed by atoms with van der Waals surface area (Å²) in [6.07, 6.45) is 3.75. The van der Waals surface area contributed by atoms with Crippen molar-refractivity contribution in [3.05, 3.63) is 64.2 Å². The molecule has 0 saturated heterocycles. The molecule has 0 bridgehead atoms. The second-order valence-electron chi connectivity index (χ2n) is 5.48. The first-order chi connectivity index (χ1) is 12.2. The number of aromatic nitrogens is 2. The van der Waals surface area contributed by atoms with Gasteiger partial charge < -0.3 is 9.47 Å². The molecule has 0 aliphatic heterocycles. The molecule has 0 N–H and O–H groups in total. The van der Waals surface area contributed by atoms with Crippen LogP contribution in [-0.2, 0) is 6.54 Å². The van der Waals surface area contributed by atoms with E-state index in [-0.39, 0.29) is 5.56 Å². The SMILES string of the molecule is CCn1c(/C=C/c2ccc(OC)c(OC)c2)nc2ccccc2c1=O. The lowest BCUT2D eigenvalue weighted by Crippen LogP contribution is -2.22. The maximum atomic E-state index is 12.6. The van der Waals surface area contributed by atoms with Crippen LogP contribution in [0.1, 0.15) is 18.3 Å². The van der Waals surface area contributed by atoms with Crippen molar-refractivity contribution in [3.63, 3.8) is 0 Å². The summed E-state index contributed by atoms with van der Waals surface area (Å²) in [5, 5.41) is 0.632. The zero-order chi connectivity index (χ0) is 17.8. The number of para-hydroxylation sites is 1. The van der Waals surface area contributed by atoms with Gasteiger partial charge in [0.1, 0.15) is 5.82 Å². The molecule has 5 heteroatoms. The highest BCUT2D eigenvalue weighted by atomic mass is 16.5. The fourth-order valence-electron chi connectivity index (χ4n) is 2.75. The van der Waals surface area contributed by atoms with Crippen molar-refractivity contribution in [1.29, 1.82) is 0 Å². The molecule has 1 heterocycles. The van der Waals surface area contributed by atoms with Crippen molar-refractivity contribution in [2.45, 2.75) is 13.5 Å². The monoisotopic (exact) mass is 336 g/mol. The summed E-state index contributed by atoms with van der Waals surface area (Å²) in [6, 6.07) is 13.0. The first-order valence-electron chi connectivity index (χ1n) is 8.07. The maximum Gasteiger partial charge on any atom is 0.261 e. The lowest BCUT2D eigenvalue weighted by molar-refractivity contribution is 0.355. The molecule has 0 saturated carbocycles. The number of fused-ring (bicyclic) bond motifs is 1. The fraction of sp³-hybridized carbons (Fsp3) is 0.200. The number of hydrogen-bond donors (Lipinski definition) is 0. The van der Waals surface area contributed by atoms with Gasteiger partial charge in [0.25, 0.3) is 5.56 Å². The van der Waals surface area contributed by atoms with Crippen molar-refractivity contribution in [3.8, 4) is 11.5 Å². The third kappa shape index (κ3) is 3.26. The molecule has 0 amide bonds. The molecule has 0 fully saturated rings. The van der Waals surface area contributed by atoms with Crippen molar-refractivity contribution < 1.29 is 9.47 Å². The molecule has 0 spiro atoms. The van der Waals surface area contributed by atoms with Crippen LogP contribution in [0.5, 0.6) is 11.5 Å². The summed E-state index contributed by atoms with van der Waals surface area (Å²) >= 11 is 0. The van der Waals surface area contributed by atoms with E-state index in [0.29, 0.717) is 34.8 Å². The first-order valence-corrected chi connectivity index (χ1v) is 8.07. The highest BCUT2D eigenvalue weighted by Crippen LogP contribution is 2.28. The average Bonchev–Trinajstić information content (AvgIpc) is 2.66. The van der Waals surface area contributed by atoms with Gasteiger partial charge in [0, 0.05) is 6.54 Å². The number of hydrogen-bond acceptors (Lipinski definition) is 4. The number of benzene rings is 2. The number of nitrogens with zero attached hydrogens (tertiary/aromatic N) is 2. The summed E-state index contributed by atoms with van der Waals surface area (Å²) < 4.78 is 12.2. The minimum Gasteiger partial charge on any atom is -0.493 e.